The van der Waals surface area contributed by atoms with Crippen LogP contribution in [-0.4, -0.2) is 17.6 Å². The van der Waals surface area contributed by atoms with Gasteiger partial charge in [-0.05, 0) is 26.2 Å². The van der Waals surface area contributed by atoms with E-state index >= 15 is 0 Å². The molecule has 0 fully saturated rings. The molecule has 1 aromatic heterocycles. The van der Waals surface area contributed by atoms with Gasteiger partial charge in [-0.1, -0.05) is 30.3 Å². The van der Waals surface area contributed by atoms with Crippen LogP contribution in [0, 0.1) is 0 Å². The summed E-state index contributed by atoms with van der Waals surface area (Å²) in [5, 5.41) is 1.06. The predicted molar refractivity (Wildman–Crippen MR) is 81.7 cm³/mol. The van der Waals surface area contributed by atoms with Crippen molar-refractivity contribution in [1.29, 1.82) is 0 Å². The number of aromatic nitrogens is 1. The summed E-state index contributed by atoms with van der Waals surface area (Å²) in [5.74, 6) is -0.0956. The second-order valence-corrected chi connectivity index (χ2v) is 5.63. The summed E-state index contributed by atoms with van der Waals surface area (Å²) in [5.41, 5.74) is 1.16. The zero-order chi connectivity index (χ0) is 14.2. The van der Waals surface area contributed by atoms with Gasteiger partial charge in [0, 0.05) is 23.1 Å². The predicted octanol–water partition coefficient (Wildman–Crippen LogP) is 4.09. The molecule has 2 aromatic rings. The lowest BCUT2D eigenvalue weighted by Gasteiger charge is -2.00. The molecular weight excluding hydrogens is 270 g/mol. The van der Waals surface area contributed by atoms with Crippen molar-refractivity contribution in [2.45, 2.75) is 32.6 Å². The lowest BCUT2D eigenvalue weighted by atomic mass is 10.2. The lowest BCUT2D eigenvalue weighted by molar-refractivity contribution is -0.143. The minimum absolute atomic E-state index is 0.0956. The lowest BCUT2D eigenvalue weighted by Crippen LogP contribution is -2.03. The van der Waals surface area contributed by atoms with Crippen LogP contribution in [0.4, 0.5) is 0 Å². The fourth-order valence-corrected chi connectivity index (χ4v) is 2.90. The number of esters is 1. The molecule has 1 heterocycles. The van der Waals surface area contributed by atoms with Gasteiger partial charge in [0.1, 0.15) is 5.01 Å². The summed E-state index contributed by atoms with van der Waals surface area (Å²) < 4.78 is 4.91. The van der Waals surface area contributed by atoms with Crippen LogP contribution in [0.2, 0.25) is 0 Å². The van der Waals surface area contributed by atoms with Crippen LogP contribution in [0.25, 0.3) is 10.6 Å². The molecule has 1 aromatic carbocycles. The molecule has 20 heavy (non-hydrogen) atoms. The number of thiazole rings is 1. The van der Waals surface area contributed by atoms with Gasteiger partial charge >= 0.3 is 5.97 Å². The third-order valence-corrected chi connectivity index (χ3v) is 4.04. The first-order valence-corrected chi connectivity index (χ1v) is 7.77. The Morgan fingerprint density at radius 3 is 2.80 bits per heavy atom. The van der Waals surface area contributed by atoms with Crippen molar-refractivity contribution in [3.8, 4) is 10.6 Å². The van der Waals surface area contributed by atoms with Crippen LogP contribution in [0.1, 0.15) is 31.1 Å². The highest BCUT2D eigenvalue weighted by atomic mass is 32.1. The van der Waals surface area contributed by atoms with Crippen molar-refractivity contribution >= 4 is 17.3 Å². The molecule has 2 rings (SSSR count). The Morgan fingerprint density at radius 1 is 1.25 bits per heavy atom. The third kappa shape index (κ3) is 4.46. The Bertz CT molecular complexity index is 536. The molecule has 0 aliphatic rings. The van der Waals surface area contributed by atoms with Crippen LogP contribution in [0.3, 0.4) is 0 Å². The Balaban J connectivity index is 1.78. The van der Waals surface area contributed by atoms with Crippen LogP contribution in [0.15, 0.2) is 36.5 Å². The Kier molecular flexibility index (Phi) is 5.74. The first-order valence-electron chi connectivity index (χ1n) is 6.95. The first kappa shape index (κ1) is 14.7. The van der Waals surface area contributed by atoms with Crippen LogP contribution >= 0.6 is 11.3 Å². The highest BCUT2D eigenvalue weighted by Crippen LogP contribution is 2.25. The number of aryl methyl sites for hydroxylation is 1. The average Bonchev–Trinajstić information content (AvgIpc) is 2.94. The fraction of sp³-hybridized carbons (Fsp3) is 0.375. The van der Waals surface area contributed by atoms with E-state index in [-0.39, 0.29) is 5.97 Å². The molecule has 106 valence electrons. The number of hydrogen-bond acceptors (Lipinski definition) is 4. The number of nitrogens with zero attached hydrogens (tertiary/aromatic N) is 1. The maximum absolute atomic E-state index is 11.2. The molecule has 0 amide bonds. The van der Waals surface area contributed by atoms with Gasteiger partial charge in [0.05, 0.1) is 6.61 Å². The first-order chi connectivity index (χ1) is 9.79. The number of hydrogen-bond donors (Lipinski definition) is 0. The molecule has 0 saturated heterocycles. The van der Waals surface area contributed by atoms with Crippen molar-refractivity contribution in [2.75, 3.05) is 6.61 Å². The van der Waals surface area contributed by atoms with E-state index in [0.717, 1.165) is 29.8 Å². The van der Waals surface area contributed by atoms with Gasteiger partial charge in [-0.2, -0.15) is 0 Å². The zero-order valence-electron chi connectivity index (χ0n) is 11.7. The number of unbranched alkanes of at least 4 members (excludes halogenated alkanes) is 1. The quantitative estimate of drug-likeness (QED) is 0.569. The van der Waals surface area contributed by atoms with Crippen molar-refractivity contribution in [3.05, 3.63) is 41.4 Å². The van der Waals surface area contributed by atoms with Crippen LogP contribution in [0.5, 0.6) is 0 Å². The fourth-order valence-electron chi connectivity index (χ4n) is 1.94. The number of carbonyl (C=O) groups is 1. The Morgan fingerprint density at radius 2 is 2.05 bits per heavy atom. The van der Waals surface area contributed by atoms with Crippen molar-refractivity contribution < 1.29 is 9.53 Å². The summed E-state index contributed by atoms with van der Waals surface area (Å²) in [6, 6.07) is 10.2. The van der Waals surface area contributed by atoms with E-state index in [1.807, 2.05) is 31.3 Å². The van der Waals surface area contributed by atoms with Gasteiger partial charge in [0.25, 0.3) is 0 Å². The minimum atomic E-state index is -0.0956. The summed E-state index contributed by atoms with van der Waals surface area (Å²) in [4.78, 5) is 16.9. The van der Waals surface area contributed by atoms with Crippen LogP contribution in [-0.2, 0) is 16.0 Å². The molecule has 4 heteroatoms. The zero-order valence-corrected chi connectivity index (χ0v) is 12.5. The molecule has 0 atom stereocenters. The molecule has 0 radical (unpaired) electrons. The summed E-state index contributed by atoms with van der Waals surface area (Å²) >= 11 is 1.73. The molecule has 0 aliphatic carbocycles. The molecule has 0 spiro atoms. The molecule has 0 saturated carbocycles. The van der Waals surface area contributed by atoms with E-state index in [2.05, 4.69) is 17.1 Å². The van der Waals surface area contributed by atoms with Crippen molar-refractivity contribution in [3.63, 3.8) is 0 Å². The highest BCUT2D eigenvalue weighted by Gasteiger charge is 2.05. The van der Waals surface area contributed by atoms with E-state index in [1.54, 1.807) is 11.3 Å². The average molecular weight is 289 g/mol. The largest absolute Gasteiger partial charge is 0.466 e. The second-order valence-electron chi connectivity index (χ2n) is 4.51. The molecule has 0 N–H and O–H groups in total. The number of ether oxygens (including phenoxy) is 1. The SMILES string of the molecule is CCOC(=O)CCCCc1cnc(-c2ccccc2)s1. The standard InChI is InChI=1S/C16H19NO2S/c1-2-19-15(18)11-7-6-10-14-12-17-16(20-14)13-8-4-3-5-9-13/h3-5,8-9,12H,2,6-7,10-11H2,1H3. The summed E-state index contributed by atoms with van der Waals surface area (Å²) in [6.45, 7) is 2.30. The maximum Gasteiger partial charge on any atom is 0.305 e. The van der Waals surface area contributed by atoms with Crippen molar-refractivity contribution in [1.82, 2.24) is 4.98 Å². The minimum Gasteiger partial charge on any atom is -0.466 e. The Hall–Kier alpha value is -1.68. The van der Waals surface area contributed by atoms with E-state index in [0.29, 0.717) is 13.0 Å². The Labute approximate surface area is 123 Å². The molecular formula is C16H19NO2S. The molecule has 0 unspecified atom stereocenters. The normalized spacial score (nSPS) is 10.4. The van der Waals surface area contributed by atoms with Crippen LogP contribution < -0.4 is 0 Å². The topological polar surface area (TPSA) is 39.2 Å². The second kappa shape index (κ2) is 7.80. The van der Waals surface area contributed by atoms with Gasteiger partial charge in [-0.3, -0.25) is 4.79 Å². The summed E-state index contributed by atoms with van der Waals surface area (Å²) in [6.07, 6.45) is 5.30. The monoisotopic (exact) mass is 289 g/mol. The number of carbonyl (C=O) groups excluding carboxylic acids is 1. The van der Waals surface area contributed by atoms with Crippen molar-refractivity contribution in [2.24, 2.45) is 0 Å². The van der Waals surface area contributed by atoms with Gasteiger partial charge < -0.3 is 4.74 Å². The van der Waals surface area contributed by atoms with Gasteiger partial charge in [0.2, 0.25) is 0 Å². The highest BCUT2D eigenvalue weighted by molar-refractivity contribution is 7.15. The summed E-state index contributed by atoms with van der Waals surface area (Å²) in [7, 11) is 0. The number of rotatable bonds is 7. The maximum atomic E-state index is 11.2. The van der Waals surface area contributed by atoms with E-state index in [1.165, 1.54) is 4.88 Å². The van der Waals surface area contributed by atoms with Gasteiger partial charge in [-0.25, -0.2) is 4.98 Å². The number of benzene rings is 1. The van der Waals surface area contributed by atoms with E-state index in [4.69, 9.17) is 4.74 Å². The smallest absolute Gasteiger partial charge is 0.305 e. The molecule has 0 aliphatic heterocycles. The van der Waals surface area contributed by atoms with Gasteiger partial charge in [0.15, 0.2) is 0 Å². The van der Waals surface area contributed by atoms with E-state index < -0.39 is 0 Å². The molecule has 0 bridgehead atoms. The third-order valence-electron chi connectivity index (χ3n) is 2.93. The van der Waals surface area contributed by atoms with Gasteiger partial charge in [-0.15, -0.1) is 11.3 Å². The van der Waals surface area contributed by atoms with E-state index in [9.17, 15) is 4.79 Å². The molecule has 3 nitrogen and oxygen atoms in total.